The van der Waals surface area contributed by atoms with Crippen LogP contribution in [0.1, 0.15) is 0 Å². The predicted molar refractivity (Wildman–Crippen MR) is 99.7 cm³/mol. The Balaban J connectivity index is 1.43. The highest BCUT2D eigenvalue weighted by Crippen LogP contribution is 2.22. The lowest BCUT2D eigenvalue weighted by molar-refractivity contribution is 0.454. The Kier molecular flexibility index (Phi) is 4.49. The molecule has 0 saturated heterocycles. The van der Waals surface area contributed by atoms with E-state index in [0.29, 0.717) is 23.1 Å². The molecule has 0 fully saturated rings. The van der Waals surface area contributed by atoms with Crippen molar-refractivity contribution in [1.29, 1.82) is 0 Å². The van der Waals surface area contributed by atoms with Gasteiger partial charge in [0.1, 0.15) is 5.75 Å². The minimum atomic E-state index is -3.74. The van der Waals surface area contributed by atoms with Crippen molar-refractivity contribution in [3.8, 4) is 17.4 Å². The van der Waals surface area contributed by atoms with Gasteiger partial charge in [-0.15, -0.1) is 10.2 Å². The quantitative estimate of drug-likeness (QED) is 0.529. The summed E-state index contributed by atoms with van der Waals surface area (Å²) in [4.78, 5) is 3.85. The zero-order valence-corrected chi connectivity index (χ0v) is 15.5. The van der Waals surface area contributed by atoms with Crippen LogP contribution in [0.2, 0.25) is 0 Å². The first-order valence-corrected chi connectivity index (χ1v) is 9.60. The summed E-state index contributed by atoms with van der Waals surface area (Å²) in [6.45, 7) is 0. The van der Waals surface area contributed by atoms with Crippen LogP contribution in [0.15, 0.2) is 72.4 Å². The van der Waals surface area contributed by atoms with Gasteiger partial charge in [-0.05, 0) is 36.4 Å². The molecule has 0 aliphatic heterocycles. The van der Waals surface area contributed by atoms with Gasteiger partial charge in [-0.1, -0.05) is 0 Å². The van der Waals surface area contributed by atoms with Crippen molar-refractivity contribution in [2.75, 3.05) is 4.72 Å². The first-order chi connectivity index (χ1) is 13.5. The molecule has 3 heterocycles. The van der Waals surface area contributed by atoms with Gasteiger partial charge in [0.25, 0.3) is 10.0 Å². The number of aryl methyl sites for hydroxylation is 1. The van der Waals surface area contributed by atoms with Crippen LogP contribution in [0.25, 0.3) is 5.82 Å². The van der Waals surface area contributed by atoms with Gasteiger partial charge in [0, 0.05) is 37.4 Å². The topological polar surface area (TPSA) is 117 Å². The molecule has 0 radical (unpaired) electrons. The lowest BCUT2D eigenvalue weighted by Crippen LogP contribution is -2.13. The smallest absolute Gasteiger partial charge is 0.280 e. The van der Waals surface area contributed by atoms with Gasteiger partial charge in [-0.2, -0.15) is 13.5 Å². The van der Waals surface area contributed by atoms with Gasteiger partial charge in [0.05, 0.1) is 6.33 Å². The molecule has 4 rings (SSSR count). The SMILES string of the molecule is Cn1cnc(S(=O)(=O)Nc2ccc(Oc3ccc(-n4cccn4)nn3)cc2)c1. The highest BCUT2D eigenvalue weighted by molar-refractivity contribution is 7.92. The third-order valence-electron chi connectivity index (χ3n) is 3.65. The van der Waals surface area contributed by atoms with Crippen molar-refractivity contribution in [3.63, 3.8) is 0 Å². The van der Waals surface area contributed by atoms with Gasteiger partial charge in [0.2, 0.25) is 5.88 Å². The molecule has 0 amide bonds. The monoisotopic (exact) mass is 397 g/mol. The fourth-order valence-electron chi connectivity index (χ4n) is 2.34. The Hall–Kier alpha value is -3.73. The van der Waals surface area contributed by atoms with Crippen molar-refractivity contribution in [2.24, 2.45) is 7.05 Å². The standard InChI is InChI=1S/C17H15N7O3S/c1-23-11-17(18-12-23)28(25,26)22-13-3-5-14(6-4-13)27-16-8-7-15(20-21-16)24-10-2-9-19-24/h2-12,22H,1H3. The average molecular weight is 397 g/mol. The maximum Gasteiger partial charge on any atom is 0.280 e. The first-order valence-electron chi connectivity index (χ1n) is 8.12. The number of benzene rings is 1. The van der Waals surface area contributed by atoms with E-state index >= 15 is 0 Å². The number of anilines is 1. The molecular formula is C17H15N7O3S. The Morgan fingerprint density at radius 2 is 1.89 bits per heavy atom. The number of hydrogen-bond donors (Lipinski definition) is 1. The summed E-state index contributed by atoms with van der Waals surface area (Å²) in [5, 5.41) is 12.1. The molecule has 142 valence electrons. The van der Waals surface area contributed by atoms with E-state index in [2.05, 4.69) is 25.0 Å². The van der Waals surface area contributed by atoms with Gasteiger partial charge >= 0.3 is 0 Å². The van der Waals surface area contributed by atoms with Gasteiger partial charge < -0.3 is 9.30 Å². The molecule has 4 aromatic rings. The first kappa shape index (κ1) is 17.7. The maximum atomic E-state index is 12.3. The molecule has 10 nitrogen and oxygen atoms in total. The zero-order chi connectivity index (χ0) is 19.6. The molecule has 28 heavy (non-hydrogen) atoms. The Morgan fingerprint density at radius 1 is 1.07 bits per heavy atom. The fraction of sp³-hybridized carbons (Fsp3) is 0.0588. The van der Waals surface area contributed by atoms with E-state index in [1.54, 1.807) is 71.2 Å². The molecule has 3 aromatic heterocycles. The van der Waals surface area contributed by atoms with E-state index in [1.165, 1.54) is 12.5 Å². The van der Waals surface area contributed by atoms with Gasteiger partial charge in [-0.25, -0.2) is 9.67 Å². The molecule has 0 aliphatic rings. The second-order valence-electron chi connectivity index (χ2n) is 5.79. The van der Waals surface area contributed by atoms with E-state index in [0.717, 1.165) is 0 Å². The van der Waals surface area contributed by atoms with Crippen LogP contribution in [-0.2, 0) is 17.1 Å². The fourth-order valence-corrected chi connectivity index (χ4v) is 3.38. The number of nitrogens with one attached hydrogen (secondary N) is 1. The summed E-state index contributed by atoms with van der Waals surface area (Å²) in [6, 6.07) is 11.6. The minimum Gasteiger partial charge on any atom is -0.438 e. The lowest BCUT2D eigenvalue weighted by atomic mass is 10.3. The summed E-state index contributed by atoms with van der Waals surface area (Å²) < 4.78 is 35.8. The van der Waals surface area contributed by atoms with Gasteiger partial charge in [-0.3, -0.25) is 4.72 Å². The number of aromatic nitrogens is 6. The number of ether oxygens (including phenoxy) is 1. The second-order valence-corrected chi connectivity index (χ2v) is 7.42. The molecular weight excluding hydrogens is 382 g/mol. The van der Waals surface area contributed by atoms with E-state index in [-0.39, 0.29) is 5.03 Å². The van der Waals surface area contributed by atoms with Gasteiger partial charge in [0.15, 0.2) is 10.8 Å². The van der Waals surface area contributed by atoms with Crippen LogP contribution >= 0.6 is 0 Å². The summed E-state index contributed by atoms with van der Waals surface area (Å²) in [6.07, 6.45) is 6.25. The predicted octanol–water partition coefficient (Wildman–Crippen LogP) is 1.99. The molecule has 11 heteroatoms. The van der Waals surface area contributed by atoms with Crippen molar-refractivity contribution >= 4 is 15.7 Å². The van der Waals surface area contributed by atoms with Crippen LogP contribution in [0.3, 0.4) is 0 Å². The van der Waals surface area contributed by atoms with E-state index < -0.39 is 10.0 Å². The minimum absolute atomic E-state index is 0.0529. The van der Waals surface area contributed by atoms with E-state index in [4.69, 9.17) is 4.74 Å². The maximum absolute atomic E-state index is 12.3. The Bertz CT molecular complexity index is 1170. The number of hydrogen-bond acceptors (Lipinski definition) is 7. The van der Waals surface area contributed by atoms with Crippen LogP contribution in [0.5, 0.6) is 11.6 Å². The second kappa shape index (κ2) is 7.12. The molecule has 0 bridgehead atoms. The average Bonchev–Trinajstić information content (AvgIpc) is 3.36. The largest absolute Gasteiger partial charge is 0.438 e. The summed E-state index contributed by atoms with van der Waals surface area (Å²) in [5.74, 6) is 1.36. The number of rotatable bonds is 6. The lowest BCUT2D eigenvalue weighted by Gasteiger charge is -2.08. The summed E-state index contributed by atoms with van der Waals surface area (Å²) in [5.41, 5.74) is 0.387. The van der Waals surface area contributed by atoms with Crippen LogP contribution < -0.4 is 9.46 Å². The number of sulfonamides is 1. The third-order valence-corrected chi connectivity index (χ3v) is 4.92. The molecule has 0 spiro atoms. The highest BCUT2D eigenvalue weighted by atomic mass is 32.2. The van der Waals surface area contributed by atoms with Crippen LogP contribution in [0.4, 0.5) is 5.69 Å². The summed E-state index contributed by atoms with van der Waals surface area (Å²) in [7, 11) is -2.05. The molecule has 1 aromatic carbocycles. The summed E-state index contributed by atoms with van der Waals surface area (Å²) >= 11 is 0. The molecule has 0 unspecified atom stereocenters. The van der Waals surface area contributed by atoms with Crippen molar-refractivity contribution in [3.05, 3.63) is 67.4 Å². The highest BCUT2D eigenvalue weighted by Gasteiger charge is 2.17. The Labute approximate surface area is 160 Å². The zero-order valence-electron chi connectivity index (χ0n) is 14.7. The van der Waals surface area contributed by atoms with Crippen molar-refractivity contribution < 1.29 is 13.2 Å². The van der Waals surface area contributed by atoms with Crippen LogP contribution in [0, 0.1) is 0 Å². The molecule has 0 aliphatic carbocycles. The normalized spacial score (nSPS) is 11.3. The third kappa shape index (κ3) is 3.83. The van der Waals surface area contributed by atoms with Crippen molar-refractivity contribution in [1.82, 2.24) is 29.5 Å². The van der Waals surface area contributed by atoms with Crippen LogP contribution in [-0.4, -0.2) is 37.9 Å². The van der Waals surface area contributed by atoms with E-state index in [1.807, 2.05) is 0 Å². The molecule has 0 saturated carbocycles. The van der Waals surface area contributed by atoms with Crippen molar-refractivity contribution in [2.45, 2.75) is 5.03 Å². The molecule has 0 atom stereocenters. The van der Waals surface area contributed by atoms with E-state index in [9.17, 15) is 8.42 Å². The number of nitrogens with zero attached hydrogens (tertiary/aromatic N) is 6. The molecule has 1 N–H and O–H groups in total. The number of imidazole rings is 1. The Morgan fingerprint density at radius 3 is 2.50 bits per heavy atom.